The van der Waals surface area contributed by atoms with E-state index >= 15 is 0 Å². The minimum atomic E-state index is -0.240. The minimum Gasteiger partial charge on any atom is -0.325 e. The zero-order valence-corrected chi connectivity index (χ0v) is 15.2. The molecule has 0 saturated carbocycles. The lowest BCUT2D eigenvalue weighted by Crippen LogP contribution is -2.19. The third-order valence-corrected chi connectivity index (χ3v) is 4.91. The van der Waals surface area contributed by atoms with Gasteiger partial charge in [-0.25, -0.2) is 0 Å². The number of hydrogen-bond donors (Lipinski definition) is 1. The van der Waals surface area contributed by atoms with Crippen molar-refractivity contribution in [3.63, 3.8) is 0 Å². The summed E-state index contributed by atoms with van der Waals surface area (Å²) in [6.45, 7) is 4.17. The zero-order valence-electron chi connectivity index (χ0n) is 14.4. The molecule has 0 unspecified atom stereocenters. The third kappa shape index (κ3) is 4.29. The number of aromatic nitrogens is 3. The molecule has 1 heterocycles. The number of nitrogens with zero attached hydrogens (tertiary/aromatic N) is 4. The van der Waals surface area contributed by atoms with Gasteiger partial charge in [-0.05, 0) is 55.3 Å². The van der Waals surface area contributed by atoms with Crippen molar-refractivity contribution >= 4 is 23.4 Å². The third-order valence-electron chi connectivity index (χ3n) is 3.74. The van der Waals surface area contributed by atoms with Crippen LogP contribution in [0.15, 0.2) is 58.6 Å². The van der Waals surface area contributed by atoms with Gasteiger partial charge in [0.05, 0.1) is 0 Å². The van der Waals surface area contributed by atoms with Crippen LogP contribution in [-0.4, -0.2) is 20.7 Å². The van der Waals surface area contributed by atoms with Crippen molar-refractivity contribution in [2.75, 3.05) is 5.32 Å². The molecule has 26 heavy (non-hydrogen) atoms. The van der Waals surface area contributed by atoms with Crippen LogP contribution < -0.4 is 5.32 Å². The number of carbonyl (C=O) groups is 1. The lowest BCUT2D eigenvalue weighted by atomic mass is 10.2. The molecule has 0 saturated heterocycles. The molecule has 2 aromatic carbocycles. The van der Waals surface area contributed by atoms with E-state index in [-0.39, 0.29) is 18.3 Å². The van der Waals surface area contributed by atoms with Gasteiger partial charge < -0.3 is 5.32 Å². The molecule has 130 valence electrons. The van der Waals surface area contributed by atoms with Crippen LogP contribution >= 0.6 is 11.8 Å². The number of hydrogen-bond acceptors (Lipinski definition) is 5. The summed E-state index contributed by atoms with van der Waals surface area (Å²) in [6.07, 6.45) is 1.36. The van der Waals surface area contributed by atoms with Gasteiger partial charge >= 0.3 is 0 Å². The molecular formula is C19H17N5OS. The van der Waals surface area contributed by atoms with E-state index < -0.39 is 0 Å². The summed E-state index contributed by atoms with van der Waals surface area (Å²) in [4.78, 5) is 14.4. The van der Waals surface area contributed by atoms with E-state index in [2.05, 4.69) is 47.6 Å². The molecule has 3 rings (SSSR count). The summed E-state index contributed by atoms with van der Waals surface area (Å²) in [5, 5.41) is 19.0. The maximum atomic E-state index is 12.1. The molecule has 0 aliphatic carbocycles. The number of benzene rings is 2. The summed E-state index contributed by atoms with van der Waals surface area (Å²) in [7, 11) is 0. The highest BCUT2D eigenvalue weighted by Gasteiger charge is 2.09. The van der Waals surface area contributed by atoms with Crippen LogP contribution in [-0.2, 0) is 11.3 Å². The van der Waals surface area contributed by atoms with Gasteiger partial charge in [-0.3, -0.25) is 9.36 Å². The summed E-state index contributed by atoms with van der Waals surface area (Å²) < 4.78 is 1.40. The van der Waals surface area contributed by atoms with Crippen molar-refractivity contribution in [3.8, 4) is 6.07 Å². The van der Waals surface area contributed by atoms with E-state index in [1.807, 2.05) is 30.3 Å². The van der Waals surface area contributed by atoms with Crippen molar-refractivity contribution in [3.05, 3.63) is 65.7 Å². The largest absolute Gasteiger partial charge is 0.325 e. The van der Waals surface area contributed by atoms with E-state index in [0.717, 1.165) is 4.90 Å². The van der Waals surface area contributed by atoms with E-state index in [1.165, 1.54) is 26.9 Å². The average molecular weight is 363 g/mol. The molecule has 3 aromatic rings. The number of amides is 1. The van der Waals surface area contributed by atoms with Crippen LogP contribution in [0, 0.1) is 25.2 Å². The van der Waals surface area contributed by atoms with Crippen LogP contribution in [0.2, 0.25) is 0 Å². The number of carbonyl (C=O) groups excluding carboxylic acids is 1. The SMILES string of the molecule is Cc1ccc(C)c(Sc2ccc(NC(=O)Cn3cnnc3C#N)cc2)c1. The summed E-state index contributed by atoms with van der Waals surface area (Å²) >= 11 is 1.70. The normalized spacial score (nSPS) is 10.3. The van der Waals surface area contributed by atoms with Gasteiger partial charge in [0, 0.05) is 15.5 Å². The van der Waals surface area contributed by atoms with E-state index in [1.54, 1.807) is 11.8 Å². The molecule has 0 fully saturated rings. The lowest BCUT2D eigenvalue weighted by Gasteiger charge is -2.09. The summed E-state index contributed by atoms with van der Waals surface area (Å²) in [5.74, 6) is -0.128. The first kappa shape index (κ1) is 17.7. The van der Waals surface area contributed by atoms with Crippen LogP contribution in [0.4, 0.5) is 5.69 Å². The van der Waals surface area contributed by atoms with Gasteiger partial charge in [-0.15, -0.1) is 10.2 Å². The number of anilines is 1. The van der Waals surface area contributed by atoms with Crippen LogP contribution in [0.25, 0.3) is 0 Å². The predicted molar refractivity (Wildman–Crippen MR) is 99.8 cm³/mol. The van der Waals surface area contributed by atoms with Crippen LogP contribution in [0.3, 0.4) is 0 Å². The van der Waals surface area contributed by atoms with E-state index in [4.69, 9.17) is 5.26 Å². The maximum absolute atomic E-state index is 12.1. The Balaban J connectivity index is 1.63. The van der Waals surface area contributed by atoms with Gasteiger partial charge in [0.25, 0.3) is 0 Å². The smallest absolute Gasteiger partial charge is 0.244 e. The molecule has 0 radical (unpaired) electrons. The molecule has 1 N–H and O–H groups in total. The first-order valence-electron chi connectivity index (χ1n) is 7.98. The molecule has 1 amide bonds. The summed E-state index contributed by atoms with van der Waals surface area (Å²) in [5.41, 5.74) is 3.17. The number of nitriles is 1. The Morgan fingerprint density at radius 3 is 2.73 bits per heavy atom. The van der Waals surface area contributed by atoms with E-state index in [0.29, 0.717) is 5.69 Å². The number of aryl methyl sites for hydroxylation is 2. The Morgan fingerprint density at radius 2 is 2.00 bits per heavy atom. The van der Waals surface area contributed by atoms with E-state index in [9.17, 15) is 4.79 Å². The molecule has 0 bridgehead atoms. The van der Waals surface area contributed by atoms with Crippen LogP contribution in [0.5, 0.6) is 0 Å². The van der Waals surface area contributed by atoms with Gasteiger partial charge in [0.1, 0.15) is 18.9 Å². The highest BCUT2D eigenvalue weighted by atomic mass is 32.2. The highest BCUT2D eigenvalue weighted by molar-refractivity contribution is 7.99. The van der Waals surface area contributed by atoms with Crippen molar-refractivity contribution in [2.24, 2.45) is 0 Å². The first-order chi connectivity index (χ1) is 12.5. The molecular weight excluding hydrogens is 346 g/mol. The zero-order chi connectivity index (χ0) is 18.5. The fraction of sp³-hybridized carbons (Fsp3) is 0.158. The second-order valence-electron chi connectivity index (χ2n) is 5.84. The Hall–Kier alpha value is -3.11. The Kier molecular flexibility index (Phi) is 5.34. The topological polar surface area (TPSA) is 83.6 Å². The van der Waals surface area contributed by atoms with Gasteiger partial charge in [0.2, 0.25) is 11.7 Å². The first-order valence-corrected chi connectivity index (χ1v) is 8.80. The van der Waals surface area contributed by atoms with Crippen LogP contribution in [0.1, 0.15) is 17.0 Å². The molecule has 0 atom stereocenters. The Morgan fingerprint density at radius 1 is 1.23 bits per heavy atom. The van der Waals surface area contributed by atoms with Gasteiger partial charge in [-0.2, -0.15) is 5.26 Å². The van der Waals surface area contributed by atoms with Crippen molar-refractivity contribution in [1.29, 1.82) is 5.26 Å². The molecule has 0 aliphatic rings. The molecule has 1 aromatic heterocycles. The second kappa shape index (κ2) is 7.85. The molecule has 7 heteroatoms. The van der Waals surface area contributed by atoms with Gasteiger partial charge in [0.15, 0.2) is 0 Å². The monoisotopic (exact) mass is 363 g/mol. The second-order valence-corrected chi connectivity index (χ2v) is 6.95. The molecule has 0 spiro atoms. The van der Waals surface area contributed by atoms with Crippen molar-refractivity contribution < 1.29 is 4.79 Å². The molecule has 0 aliphatic heterocycles. The highest BCUT2D eigenvalue weighted by Crippen LogP contribution is 2.31. The standard InChI is InChI=1S/C19H17N5OS/c1-13-3-4-14(2)17(9-13)26-16-7-5-15(6-8-16)22-19(25)11-24-12-21-23-18(24)10-20/h3-9,12H,11H2,1-2H3,(H,22,25). The van der Waals surface area contributed by atoms with Gasteiger partial charge in [-0.1, -0.05) is 23.9 Å². The molecule has 6 nitrogen and oxygen atoms in total. The lowest BCUT2D eigenvalue weighted by molar-refractivity contribution is -0.116. The fourth-order valence-electron chi connectivity index (χ4n) is 2.36. The Bertz CT molecular complexity index is 972. The number of rotatable bonds is 5. The maximum Gasteiger partial charge on any atom is 0.244 e. The quantitative estimate of drug-likeness (QED) is 0.749. The fourth-order valence-corrected chi connectivity index (χ4v) is 3.36. The van der Waals surface area contributed by atoms with Crippen molar-refractivity contribution in [2.45, 2.75) is 30.2 Å². The Labute approximate surface area is 155 Å². The average Bonchev–Trinajstić information content (AvgIpc) is 3.07. The van der Waals surface area contributed by atoms with Crippen molar-refractivity contribution in [1.82, 2.24) is 14.8 Å². The number of nitrogens with one attached hydrogen (secondary N) is 1. The minimum absolute atomic E-state index is 0.00508. The predicted octanol–water partition coefficient (Wildman–Crippen LogP) is 3.56. The summed E-state index contributed by atoms with van der Waals surface area (Å²) in [6, 6.07) is 16.0.